The first kappa shape index (κ1) is 18.6. The Labute approximate surface area is 150 Å². The smallest absolute Gasteiger partial charge is 0.344 e. The molecular weight excluding hydrogens is 437 g/mol. The standard InChI is InChI=1S/C15H15F2IN2O4/c1-15(2)12(21)9(14(23)24)13(22)20(19(15)3)6-7-4-5-8(18)11(17)10(7)16/h4-5,21H,6H2,1-3H3,(H,23,24). The van der Waals surface area contributed by atoms with E-state index in [0.717, 1.165) is 5.01 Å². The average Bonchev–Trinajstić information content (AvgIpc) is 2.49. The topological polar surface area (TPSA) is 81.1 Å². The molecule has 1 aliphatic rings. The highest BCUT2D eigenvalue weighted by molar-refractivity contribution is 14.1. The van der Waals surface area contributed by atoms with Crippen molar-refractivity contribution in [2.45, 2.75) is 25.9 Å². The van der Waals surface area contributed by atoms with Crippen LogP contribution in [0.1, 0.15) is 19.4 Å². The summed E-state index contributed by atoms with van der Waals surface area (Å²) < 4.78 is 27.9. The van der Waals surface area contributed by atoms with Gasteiger partial charge in [0.25, 0.3) is 5.91 Å². The lowest BCUT2D eigenvalue weighted by Gasteiger charge is -2.46. The quantitative estimate of drug-likeness (QED) is 0.419. The van der Waals surface area contributed by atoms with Gasteiger partial charge < -0.3 is 10.2 Å². The number of carbonyl (C=O) groups is 2. The van der Waals surface area contributed by atoms with Gasteiger partial charge in [0, 0.05) is 12.6 Å². The SMILES string of the molecule is CN1N(Cc2ccc(I)c(F)c2F)C(=O)C(C(=O)O)=C(O)C1(C)C. The van der Waals surface area contributed by atoms with E-state index >= 15 is 0 Å². The molecule has 1 aromatic carbocycles. The number of carboxylic acids is 1. The van der Waals surface area contributed by atoms with Crippen LogP contribution in [0.5, 0.6) is 0 Å². The number of rotatable bonds is 3. The summed E-state index contributed by atoms with van der Waals surface area (Å²) in [7, 11) is 1.45. The van der Waals surface area contributed by atoms with Crippen molar-refractivity contribution in [1.82, 2.24) is 10.0 Å². The summed E-state index contributed by atoms with van der Waals surface area (Å²) in [5.41, 5.74) is -2.10. The molecule has 0 fully saturated rings. The number of amides is 1. The van der Waals surface area contributed by atoms with E-state index in [1.807, 2.05) is 0 Å². The Morgan fingerprint density at radius 2 is 1.88 bits per heavy atom. The third-order valence-corrected chi connectivity index (χ3v) is 4.92. The molecule has 1 heterocycles. The van der Waals surface area contributed by atoms with E-state index < -0.39 is 40.4 Å². The van der Waals surface area contributed by atoms with Crippen LogP contribution in [-0.4, -0.2) is 44.7 Å². The van der Waals surface area contributed by atoms with Gasteiger partial charge in [-0.1, -0.05) is 6.07 Å². The minimum absolute atomic E-state index is 0.0938. The molecule has 9 heteroatoms. The molecule has 1 aromatic rings. The Morgan fingerprint density at radius 3 is 2.42 bits per heavy atom. The van der Waals surface area contributed by atoms with E-state index in [2.05, 4.69) is 0 Å². The second kappa shape index (κ2) is 6.28. The second-order valence-electron chi connectivity index (χ2n) is 5.81. The van der Waals surface area contributed by atoms with Crippen molar-refractivity contribution in [2.75, 3.05) is 7.05 Å². The third kappa shape index (κ3) is 2.86. The molecule has 130 valence electrons. The van der Waals surface area contributed by atoms with Crippen LogP contribution in [0.25, 0.3) is 0 Å². The number of hydrogen-bond acceptors (Lipinski definition) is 4. The van der Waals surface area contributed by atoms with Crippen LogP contribution < -0.4 is 0 Å². The first-order valence-corrected chi connectivity index (χ1v) is 7.93. The van der Waals surface area contributed by atoms with E-state index in [1.165, 1.54) is 38.0 Å². The van der Waals surface area contributed by atoms with Gasteiger partial charge in [-0.3, -0.25) is 9.80 Å². The summed E-state index contributed by atoms with van der Waals surface area (Å²) in [4.78, 5) is 23.7. The Hall–Kier alpha value is -1.75. The van der Waals surface area contributed by atoms with Gasteiger partial charge in [-0.25, -0.2) is 18.6 Å². The Kier molecular flexibility index (Phi) is 4.86. The van der Waals surface area contributed by atoms with Crippen LogP contribution in [0.3, 0.4) is 0 Å². The maximum Gasteiger partial charge on any atom is 0.344 e. The van der Waals surface area contributed by atoms with E-state index in [4.69, 9.17) is 0 Å². The summed E-state index contributed by atoms with van der Waals surface area (Å²) in [6.07, 6.45) is 0. The number of aliphatic hydroxyl groups is 1. The van der Waals surface area contributed by atoms with Gasteiger partial charge in [0.1, 0.15) is 5.76 Å². The molecule has 0 saturated heterocycles. The fourth-order valence-electron chi connectivity index (χ4n) is 2.35. The molecule has 1 aliphatic heterocycles. The number of benzene rings is 1. The van der Waals surface area contributed by atoms with E-state index in [0.29, 0.717) is 0 Å². The zero-order valence-corrected chi connectivity index (χ0v) is 15.3. The highest BCUT2D eigenvalue weighted by Crippen LogP contribution is 2.33. The molecule has 0 aliphatic carbocycles. The number of carboxylic acid groups (broad SMARTS) is 1. The monoisotopic (exact) mass is 452 g/mol. The summed E-state index contributed by atoms with van der Waals surface area (Å²) in [6, 6.07) is 2.69. The van der Waals surface area contributed by atoms with Crippen LogP contribution in [0.15, 0.2) is 23.5 Å². The Morgan fingerprint density at radius 1 is 1.29 bits per heavy atom. The summed E-state index contributed by atoms with van der Waals surface area (Å²) in [6.45, 7) is 2.65. The molecule has 0 bridgehead atoms. The molecule has 0 radical (unpaired) electrons. The average molecular weight is 452 g/mol. The number of hydrogen-bond donors (Lipinski definition) is 2. The molecule has 0 spiro atoms. The molecule has 0 unspecified atom stereocenters. The van der Waals surface area contributed by atoms with Gasteiger partial charge in [-0.15, -0.1) is 0 Å². The minimum atomic E-state index is -1.59. The third-order valence-electron chi connectivity index (χ3n) is 4.08. The fourth-order valence-corrected chi connectivity index (χ4v) is 2.76. The highest BCUT2D eigenvalue weighted by Gasteiger charge is 2.46. The van der Waals surface area contributed by atoms with Crippen molar-refractivity contribution < 1.29 is 28.6 Å². The highest BCUT2D eigenvalue weighted by atomic mass is 127. The Bertz CT molecular complexity index is 764. The number of halogens is 3. The zero-order chi connectivity index (χ0) is 18.4. The molecule has 1 amide bonds. The number of aliphatic carboxylic acids is 1. The first-order chi connectivity index (χ1) is 11.0. The maximum absolute atomic E-state index is 14.1. The predicted molar refractivity (Wildman–Crippen MR) is 88.8 cm³/mol. The fraction of sp³-hybridized carbons (Fsp3) is 0.333. The van der Waals surface area contributed by atoms with Gasteiger partial charge >= 0.3 is 5.97 Å². The first-order valence-electron chi connectivity index (χ1n) is 6.85. The molecule has 0 atom stereocenters. The lowest BCUT2D eigenvalue weighted by atomic mass is 9.94. The molecule has 0 saturated carbocycles. The van der Waals surface area contributed by atoms with Crippen LogP contribution >= 0.6 is 22.6 Å². The molecule has 0 aromatic heterocycles. The normalized spacial score (nSPS) is 18.2. The number of likely N-dealkylation sites (N-methyl/N-ethyl adjacent to an activating group) is 1. The van der Waals surface area contributed by atoms with E-state index in [9.17, 15) is 28.6 Å². The Balaban J connectivity index is 2.50. The predicted octanol–water partition coefficient (Wildman–Crippen LogP) is 2.43. The minimum Gasteiger partial charge on any atom is -0.509 e. The summed E-state index contributed by atoms with van der Waals surface area (Å²) in [5, 5.41) is 21.6. The van der Waals surface area contributed by atoms with Gasteiger partial charge in [0.15, 0.2) is 17.2 Å². The molecule has 2 N–H and O–H groups in total. The van der Waals surface area contributed by atoms with Crippen molar-refractivity contribution in [3.8, 4) is 0 Å². The molecule has 2 rings (SSSR count). The number of carbonyl (C=O) groups excluding carboxylic acids is 1. The molecular formula is C15H15F2IN2O4. The second-order valence-corrected chi connectivity index (χ2v) is 6.97. The lowest BCUT2D eigenvalue weighted by Crippen LogP contribution is -2.60. The van der Waals surface area contributed by atoms with Crippen molar-refractivity contribution in [3.63, 3.8) is 0 Å². The van der Waals surface area contributed by atoms with Crippen LogP contribution in [0.2, 0.25) is 0 Å². The largest absolute Gasteiger partial charge is 0.509 e. The van der Waals surface area contributed by atoms with Crippen LogP contribution in [0.4, 0.5) is 8.78 Å². The van der Waals surface area contributed by atoms with Gasteiger partial charge in [0.2, 0.25) is 0 Å². The lowest BCUT2D eigenvalue weighted by molar-refractivity contribution is -0.162. The molecule has 6 nitrogen and oxygen atoms in total. The van der Waals surface area contributed by atoms with Crippen LogP contribution in [0, 0.1) is 15.2 Å². The van der Waals surface area contributed by atoms with Crippen molar-refractivity contribution >= 4 is 34.5 Å². The zero-order valence-electron chi connectivity index (χ0n) is 13.1. The number of aliphatic hydroxyl groups excluding tert-OH is 1. The van der Waals surface area contributed by atoms with Crippen LogP contribution in [-0.2, 0) is 16.1 Å². The van der Waals surface area contributed by atoms with Crippen molar-refractivity contribution in [2.24, 2.45) is 0 Å². The van der Waals surface area contributed by atoms with Gasteiger partial charge in [-0.05, 0) is 42.5 Å². The summed E-state index contributed by atoms with van der Waals surface area (Å²) >= 11 is 1.64. The molecule has 24 heavy (non-hydrogen) atoms. The summed E-state index contributed by atoms with van der Waals surface area (Å²) in [5.74, 6) is -5.31. The number of nitrogens with zero attached hydrogens (tertiary/aromatic N) is 2. The van der Waals surface area contributed by atoms with E-state index in [1.54, 1.807) is 22.6 Å². The number of hydrazine groups is 1. The maximum atomic E-state index is 14.1. The van der Waals surface area contributed by atoms with Gasteiger partial charge in [-0.2, -0.15) is 0 Å². The van der Waals surface area contributed by atoms with Gasteiger partial charge in [0.05, 0.1) is 15.7 Å². The van der Waals surface area contributed by atoms with Crippen molar-refractivity contribution in [1.29, 1.82) is 0 Å². The van der Waals surface area contributed by atoms with Crippen molar-refractivity contribution in [3.05, 3.63) is 44.2 Å². The van der Waals surface area contributed by atoms with E-state index in [-0.39, 0.29) is 15.7 Å².